The lowest BCUT2D eigenvalue weighted by Gasteiger charge is -2.02. The van der Waals surface area contributed by atoms with Crippen molar-refractivity contribution in [2.75, 3.05) is 7.05 Å². The van der Waals surface area contributed by atoms with Gasteiger partial charge in [-0.3, -0.25) is 0 Å². The first-order valence-electron chi connectivity index (χ1n) is 3.02. The van der Waals surface area contributed by atoms with Crippen LogP contribution in [0.15, 0.2) is 15.3 Å². The number of hydrogen-bond acceptors (Lipinski definition) is 3. The molecule has 0 bridgehead atoms. The van der Waals surface area contributed by atoms with Gasteiger partial charge in [0.2, 0.25) is 5.89 Å². The fourth-order valence-corrected chi connectivity index (χ4v) is 0.858. The van der Waals surface area contributed by atoms with E-state index in [9.17, 15) is 0 Å². The van der Waals surface area contributed by atoms with Crippen molar-refractivity contribution >= 4 is 15.9 Å². The van der Waals surface area contributed by atoms with Gasteiger partial charge >= 0.3 is 0 Å². The third kappa shape index (κ3) is 1.58. The Hall–Kier alpha value is -0.350. The van der Waals surface area contributed by atoms with Crippen molar-refractivity contribution in [1.82, 2.24) is 10.3 Å². The summed E-state index contributed by atoms with van der Waals surface area (Å²) in [6.45, 7) is 1.98. The highest BCUT2D eigenvalue weighted by Crippen LogP contribution is 2.14. The van der Waals surface area contributed by atoms with Gasteiger partial charge in [0.25, 0.3) is 0 Å². The van der Waals surface area contributed by atoms with E-state index in [1.54, 1.807) is 6.26 Å². The van der Waals surface area contributed by atoms with Crippen molar-refractivity contribution in [3.63, 3.8) is 0 Å². The van der Waals surface area contributed by atoms with Gasteiger partial charge in [0.15, 0.2) is 0 Å². The van der Waals surface area contributed by atoms with Crippen molar-refractivity contribution in [3.05, 3.63) is 16.8 Å². The zero-order chi connectivity index (χ0) is 7.56. The van der Waals surface area contributed by atoms with Crippen LogP contribution in [-0.2, 0) is 0 Å². The molecule has 0 fully saturated rings. The first kappa shape index (κ1) is 7.75. The fourth-order valence-electron chi connectivity index (χ4n) is 0.589. The maximum atomic E-state index is 5.10. The highest BCUT2D eigenvalue weighted by Gasteiger charge is 2.07. The molecule has 0 aromatic carbocycles. The summed E-state index contributed by atoms with van der Waals surface area (Å²) in [5, 5.41) is 3.02. The van der Waals surface area contributed by atoms with Crippen LogP contribution in [0.4, 0.5) is 0 Å². The van der Waals surface area contributed by atoms with Crippen LogP contribution >= 0.6 is 15.9 Å². The molecule has 0 saturated heterocycles. The predicted molar refractivity (Wildman–Crippen MR) is 41.7 cm³/mol. The maximum absolute atomic E-state index is 5.10. The van der Waals surface area contributed by atoms with Crippen LogP contribution in [0, 0.1) is 0 Å². The SMILES string of the molecule is CNC(C)c1nc(Br)co1. The van der Waals surface area contributed by atoms with E-state index < -0.39 is 0 Å². The second-order valence-corrected chi connectivity index (χ2v) is 2.83. The van der Waals surface area contributed by atoms with Crippen molar-refractivity contribution in [1.29, 1.82) is 0 Å². The summed E-state index contributed by atoms with van der Waals surface area (Å²) in [6.07, 6.45) is 1.57. The number of nitrogens with one attached hydrogen (secondary N) is 1. The van der Waals surface area contributed by atoms with Crippen LogP contribution in [0.1, 0.15) is 18.9 Å². The van der Waals surface area contributed by atoms with E-state index >= 15 is 0 Å². The molecular weight excluding hydrogens is 196 g/mol. The van der Waals surface area contributed by atoms with Crippen molar-refractivity contribution < 1.29 is 4.42 Å². The van der Waals surface area contributed by atoms with Gasteiger partial charge in [-0.1, -0.05) is 0 Å². The molecule has 1 heterocycles. The summed E-state index contributed by atoms with van der Waals surface area (Å²) in [7, 11) is 1.86. The van der Waals surface area contributed by atoms with E-state index in [-0.39, 0.29) is 6.04 Å². The lowest BCUT2D eigenvalue weighted by Crippen LogP contribution is -2.12. The van der Waals surface area contributed by atoms with E-state index in [4.69, 9.17) is 4.42 Å². The Morgan fingerprint density at radius 1 is 1.80 bits per heavy atom. The Morgan fingerprint density at radius 2 is 2.50 bits per heavy atom. The second kappa shape index (κ2) is 3.16. The molecule has 10 heavy (non-hydrogen) atoms. The van der Waals surface area contributed by atoms with E-state index in [1.807, 2.05) is 14.0 Å². The summed E-state index contributed by atoms with van der Waals surface area (Å²) >= 11 is 3.20. The molecule has 1 N–H and O–H groups in total. The molecule has 56 valence electrons. The predicted octanol–water partition coefficient (Wildman–Crippen LogP) is 1.72. The number of oxazole rings is 1. The topological polar surface area (TPSA) is 38.1 Å². The Morgan fingerprint density at radius 3 is 2.90 bits per heavy atom. The first-order valence-corrected chi connectivity index (χ1v) is 3.81. The maximum Gasteiger partial charge on any atom is 0.211 e. The van der Waals surface area contributed by atoms with Gasteiger partial charge in [0.1, 0.15) is 10.9 Å². The smallest absolute Gasteiger partial charge is 0.211 e. The lowest BCUT2D eigenvalue weighted by atomic mass is 10.3. The minimum atomic E-state index is 0.172. The molecule has 1 rings (SSSR count). The summed E-state index contributed by atoms with van der Waals surface area (Å²) in [4.78, 5) is 4.07. The van der Waals surface area contributed by atoms with Crippen LogP contribution in [0.5, 0.6) is 0 Å². The molecule has 1 unspecified atom stereocenters. The minimum absolute atomic E-state index is 0.172. The van der Waals surface area contributed by atoms with Crippen LogP contribution < -0.4 is 5.32 Å². The van der Waals surface area contributed by atoms with Crippen LogP contribution in [0.2, 0.25) is 0 Å². The molecular formula is C6H9BrN2O. The van der Waals surface area contributed by atoms with Crippen molar-refractivity contribution in [2.24, 2.45) is 0 Å². The quantitative estimate of drug-likeness (QED) is 0.798. The summed E-state index contributed by atoms with van der Waals surface area (Å²) in [6, 6.07) is 0.172. The zero-order valence-electron chi connectivity index (χ0n) is 5.89. The van der Waals surface area contributed by atoms with Crippen LogP contribution in [0.3, 0.4) is 0 Å². The summed E-state index contributed by atoms with van der Waals surface area (Å²) in [5.41, 5.74) is 0. The van der Waals surface area contributed by atoms with E-state index in [0.29, 0.717) is 5.89 Å². The van der Waals surface area contributed by atoms with Gasteiger partial charge in [-0.15, -0.1) is 0 Å². The Balaban J connectivity index is 2.74. The standard InChI is InChI=1S/C6H9BrN2O/c1-4(8-2)6-9-5(7)3-10-6/h3-4,8H,1-2H3. The number of halogens is 1. The molecule has 0 spiro atoms. The molecule has 1 aromatic heterocycles. The average molecular weight is 205 g/mol. The van der Waals surface area contributed by atoms with Gasteiger partial charge in [0, 0.05) is 0 Å². The summed E-state index contributed by atoms with van der Waals surface area (Å²) < 4.78 is 5.84. The number of hydrogen-bond donors (Lipinski definition) is 1. The van der Waals surface area contributed by atoms with Crippen LogP contribution in [0.25, 0.3) is 0 Å². The average Bonchev–Trinajstić information content (AvgIpc) is 2.34. The van der Waals surface area contributed by atoms with E-state index in [0.717, 1.165) is 4.60 Å². The van der Waals surface area contributed by atoms with Crippen LogP contribution in [-0.4, -0.2) is 12.0 Å². The minimum Gasteiger partial charge on any atom is -0.446 e. The summed E-state index contributed by atoms with van der Waals surface area (Å²) in [5.74, 6) is 0.703. The molecule has 1 aromatic rings. The monoisotopic (exact) mass is 204 g/mol. The van der Waals surface area contributed by atoms with Gasteiger partial charge < -0.3 is 9.73 Å². The molecule has 4 heteroatoms. The molecule has 0 aliphatic rings. The Labute approximate surface area is 68.0 Å². The number of rotatable bonds is 2. The second-order valence-electron chi connectivity index (χ2n) is 2.02. The number of nitrogens with zero attached hydrogens (tertiary/aromatic N) is 1. The highest BCUT2D eigenvalue weighted by molar-refractivity contribution is 9.10. The fraction of sp³-hybridized carbons (Fsp3) is 0.500. The highest BCUT2D eigenvalue weighted by atomic mass is 79.9. The van der Waals surface area contributed by atoms with E-state index in [2.05, 4.69) is 26.2 Å². The van der Waals surface area contributed by atoms with Crippen molar-refractivity contribution in [2.45, 2.75) is 13.0 Å². The third-order valence-electron chi connectivity index (χ3n) is 1.30. The molecule has 0 radical (unpaired) electrons. The third-order valence-corrected chi connectivity index (χ3v) is 1.66. The molecule has 0 amide bonds. The van der Waals surface area contributed by atoms with Gasteiger partial charge in [-0.25, -0.2) is 4.98 Å². The van der Waals surface area contributed by atoms with Gasteiger partial charge in [-0.05, 0) is 29.9 Å². The molecule has 3 nitrogen and oxygen atoms in total. The van der Waals surface area contributed by atoms with Gasteiger partial charge in [-0.2, -0.15) is 0 Å². The van der Waals surface area contributed by atoms with Gasteiger partial charge in [0.05, 0.1) is 6.04 Å². The lowest BCUT2D eigenvalue weighted by molar-refractivity contribution is 0.433. The number of aromatic nitrogens is 1. The normalized spacial score (nSPS) is 13.5. The molecule has 1 atom stereocenters. The largest absolute Gasteiger partial charge is 0.446 e. The Bertz CT molecular complexity index is 211. The molecule has 0 saturated carbocycles. The van der Waals surface area contributed by atoms with E-state index in [1.165, 1.54) is 0 Å². The van der Waals surface area contributed by atoms with Crippen molar-refractivity contribution in [3.8, 4) is 0 Å². The first-order chi connectivity index (χ1) is 4.74. The Kier molecular flexibility index (Phi) is 2.45. The molecule has 0 aliphatic carbocycles. The zero-order valence-corrected chi connectivity index (χ0v) is 7.47. The molecule has 0 aliphatic heterocycles.